The van der Waals surface area contributed by atoms with E-state index in [0.717, 1.165) is 103 Å². The van der Waals surface area contributed by atoms with Crippen LogP contribution in [0.3, 0.4) is 0 Å². The molecule has 390 valence electrons. The Labute approximate surface area is 424 Å². The normalized spacial score (nSPS) is 13.0. The summed E-state index contributed by atoms with van der Waals surface area (Å²) in [7, 11) is 0. The zero-order valence-electron chi connectivity index (χ0n) is 44.5. The monoisotopic (exact) mass is 955 g/mol. The summed E-state index contributed by atoms with van der Waals surface area (Å²) in [6.45, 7) is 6.40. The Kier molecular flexibility index (Phi) is 53.0. The maximum atomic E-state index is 12.8. The van der Waals surface area contributed by atoms with Gasteiger partial charge in [0.05, 0.1) is 0 Å². The number of allylic oxidation sites excluding steroid dienone is 20. The molecule has 0 fully saturated rings. The Balaban J connectivity index is 4.55. The van der Waals surface area contributed by atoms with Crippen LogP contribution in [0.4, 0.5) is 0 Å². The molecule has 0 aromatic carbocycles. The van der Waals surface area contributed by atoms with Crippen molar-refractivity contribution in [3.63, 3.8) is 0 Å². The lowest BCUT2D eigenvalue weighted by Crippen LogP contribution is -2.30. The van der Waals surface area contributed by atoms with Crippen LogP contribution in [0, 0.1) is 0 Å². The van der Waals surface area contributed by atoms with Gasteiger partial charge < -0.3 is 14.2 Å². The summed E-state index contributed by atoms with van der Waals surface area (Å²) in [5.41, 5.74) is 0. The minimum Gasteiger partial charge on any atom is -0.462 e. The van der Waals surface area contributed by atoms with Gasteiger partial charge in [0.2, 0.25) is 0 Å². The van der Waals surface area contributed by atoms with E-state index in [-0.39, 0.29) is 37.5 Å². The van der Waals surface area contributed by atoms with Crippen molar-refractivity contribution in [2.75, 3.05) is 13.2 Å². The molecule has 0 aliphatic rings. The number of carbonyl (C=O) groups is 3. The van der Waals surface area contributed by atoms with Crippen LogP contribution in [0.2, 0.25) is 0 Å². The third-order valence-corrected chi connectivity index (χ3v) is 11.4. The topological polar surface area (TPSA) is 78.9 Å². The number of hydrogen-bond acceptors (Lipinski definition) is 6. The molecule has 0 aromatic heterocycles. The lowest BCUT2D eigenvalue weighted by atomic mass is 10.1. The fraction of sp³-hybridized carbons (Fsp3) is 0.635. The van der Waals surface area contributed by atoms with Crippen molar-refractivity contribution in [1.82, 2.24) is 0 Å². The molecule has 0 amide bonds. The minimum atomic E-state index is -0.820. The number of unbranched alkanes of at least 4 members (excludes halogenated alkanes) is 18. The highest BCUT2D eigenvalue weighted by atomic mass is 16.6. The molecule has 0 radical (unpaired) electrons. The van der Waals surface area contributed by atoms with Gasteiger partial charge in [-0.05, 0) is 128 Å². The largest absolute Gasteiger partial charge is 0.462 e. The van der Waals surface area contributed by atoms with Crippen molar-refractivity contribution in [2.24, 2.45) is 0 Å². The molecule has 0 bridgehead atoms. The second-order valence-corrected chi connectivity index (χ2v) is 18.1. The summed E-state index contributed by atoms with van der Waals surface area (Å²) in [5, 5.41) is 0. The van der Waals surface area contributed by atoms with Crippen molar-refractivity contribution in [1.29, 1.82) is 0 Å². The molecule has 0 N–H and O–H groups in total. The van der Waals surface area contributed by atoms with Crippen LogP contribution in [-0.4, -0.2) is 37.2 Å². The van der Waals surface area contributed by atoms with Crippen LogP contribution in [0.15, 0.2) is 122 Å². The first-order valence-electron chi connectivity index (χ1n) is 28.0. The van der Waals surface area contributed by atoms with Gasteiger partial charge in [-0.15, -0.1) is 0 Å². The molecule has 0 rings (SSSR count). The third-order valence-electron chi connectivity index (χ3n) is 11.4. The highest BCUT2D eigenvalue weighted by Crippen LogP contribution is 2.13. The van der Waals surface area contributed by atoms with Gasteiger partial charge in [0.1, 0.15) is 13.2 Å². The summed E-state index contributed by atoms with van der Waals surface area (Å²) in [6, 6.07) is 0. The second-order valence-electron chi connectivity index (χ2n) is 18.1. The van der Waals surface area contributed by atoms with E-state index in [1.54, 1.807) is 0 Å². The van der Waals surface area contributed by atoms with Crippen molar-refractivity contribution in [2.45, 2.75) is 245 Å². The Morgan fingerprint density at radius 3 is 1.00 bits per heavy atom. The number of rotatable bonds is 49. The summed E-state index contributed by atoms with van der Waals surface area (Å²) in [5.74, 6) is -1.01. The van der Waals surface area contributed by atoms with E-state index >= 15 is 0 Å². The highest BCUT2D eigenvalue weighted by molar-refractivity contribution is 5.71. The van der Waals surface area contributed by atoms with E-state index in [9.17, 15) is 14.4 Å². The van der Waals surface area contributed by atoms with Crippen LogP contribution in [0.5, 0.6) is 0 Å². The van der Waals surface area contributed by atoms with E-state index in [1.165, 1.54) is 89.9 Å². The van der Waals surface area contributed by atoms with Crippen molar-refractivity contribution in [3.8, 4) is 0 Å². The SMILES string of the molecule is CC/C=C\C/C=C\C/C=C\C/C=C\C/C=C\CCCC(=O)OC[C@H](COC(=O)CCCCC/C=C\C/C=C\C/C=C\C/C=C\CCCCC)OC(=O)CCCCCCCCC/C=C\CCCCCC. The average Bonchev–Trinajstić information content (AvgIpc) is 3.35. The Hall–Kier alpha value is -4.19. The zero-order chi connectivity index (χ0) is 50.0. The van der Waals surface area contributed by atoms with Crippen LogP contribution in [-0.2, 0) is 28.6 Å². The molecule has 0 heterocycles. The second kappa shape index (κ2) is 56.4. The zero-order valence-corrected chi connectivity index (χ0v) is 44.5. The smallest absolute Gasteiger partial charge is 0.306 e. The fourth-order valence-electron chi connectivity index (χ4n) is 7.22. The van der Waals surface area contributed by atoms with Gasteiger partial charge in [-0.2, -0.15) is 0 Å². The van der Waals surface area contributed by atoms with Crippen LogP contribution in [0.25, 0.3) is 0 Å². The number of ether oxygens (including phenoxy) is 3. The molecule has 1 atom stereocenters. The predicted octanol–water partition coefficient (Wildman–Crippen LogP) is 18.9. The quantitative estimate of drug-likeness (QED) is 0.0262. The van der Waals surface area contributed by atoms with Gasteiger partial charge in [0.25, 0.3) is 0 Å². The van der Waals surface area contributed by atoms with Crippen molar-refractivity contribution >= 4 is 17.9 Å². The first-order valence-corrected chi connectivity index (χ1v) is 28.0. The molecular weight excluding hydrogens is 853 g/mol. The Bertz CT molecular complexity index is 1470. The summed E-state index contributed by atoms with van der Waals surface area (Å²) in [6.07, 6.45) is 77.6. The van der Waals surface area contributed by atoms with Gasteiger partial charge in [0.15, 0.2) is 6.10 Å². The van der Waals surface area contributed by atoms with Gasteiger partial charge in [-0.3, -0.25) is 14.4 Å². The average molecular weight is 956 g/mol. The Morgan fingerprint density at radius 1 is 0.304 bits per heavy atom. The molecule has 0 unspecified atom stereocenters. The van der Waals surface area contributed by atoms with Crippen molar-refractivity contribution in [3.05, 3.63) is 122 Å². The van der Waals surface area contributed by atoms with E-state index in [2.05, 4.69) is 142 Å². The van der Waals surface area contributed by atoms with E-state index in [1.807, 2.05) is 0 Å². The number of carbonyl (C=O) groups excluding carboxylic acids is 3. The highest BCUT2D eigenvalue weighted by Gasteiger charge is 2.19. The van der Waals surface area contributed by atoms with Crippen LogP contribution < -0.4 is 0 Å². The molecule has 0 aromatic rings. The summed E-state index contributed by atoms with van der Waals surface area (Å²) < 4.78 is 16.8. The molecule has 0 spiro atoms. The van der Waals surface area contributed by atoms with E-state index in [0.29, 0.717) is 19.3 Å². The summed E-state index contributed by atoms with van der Waals surface area (Å²) >= 11 is 0. The maximum absolute atomic E-state index is 12.8. The lowest BCUT2D eigenvalue weighted by molar-refractivity contribution is -0.167. The molecule has 6 nitrogen and oxygen atoms in total. The number of hydrogen-bond donors (Lipinski definition) is 0. The van der Waals surface area contributed by atoms with Gasteiger partial charge in [0, 0.05) is 19.3 Å². The first-order chi connectivity index (χ1) is 34.0. The molecule has 0 saturated carbocycles. The molecule has 0 saturated heterocycles. The molecule has 6 heteroatoms. The van der Waals surface area contributed by atoms with Gasteiger partial charge in [-0.25, -0.2) is 0 Å². The minimum absolute atomic E-state index is 0.117. The van der Waals surface area contributed by atoms with Crippen molar-refractivity contribution < 1.29 is 28.6 Å². The molecular formula is C63H102O6. The van der Waals surface area contributed by atoms with Crippen LogP contribution >= 0.6 is 0 Å². The van der Waals surface area contributed by atoms with E-state index < -0.39 is 6.10 Å². The third kappa shape index (κ3) is 54.6. The summed E-state index contributed by atoms with van der Waals surface area (Å²) in [4.78, 5) is 38.1. The predicted molar refractivity (Wildman–Crippen MR) is 297 cm³/mol. The fourth-order valence-corrected chi connectivity index (χ4v) is 7.22. The molecule has 0 aliphatic heterocycles. The molecule has 0 aliphatic carbocycles. The Morgan fingerprint density at radius 2 is 0.580 bits per heavy atom. The number of esters is 3. The van der Waals surface area contributed by atoms with Gasteiger partial charge >= 0.3 is 17.9 Å². The van der Waals surface area contributed by atoms with Crippen LogP contribution in [0.1, 0.15) is 239 Å². The maximum Gasteiger partial charge on any atom is 0.306 e. The van der Waals surface area contributed by atoms with E-state index in [4.69, 9.17) is 14.2 Å². The lowest BCUT2D eigenvalue weighted by Gasteiger charge is -2.18. The van der Waals surface area contributed by atoms with Gasteiger partial charge in [-0.1, -0.05) is 213 Å². The standard InChI is InChI=1S/C63H102O6/c1-4-7-10-13-16-19-22-25-28-30-31-33-36-38-41-44-47-50-53-56-62(65)68-59-60(69-63(66)57-54-51-48-45-42-39-34-27-24-21-18-15-12-9-6-3)58-67-61(64)55-52-49-46-43-40-37-35-32-29-26-23-20-17-14-11-8-5-2/h8,11,16-17,19-21,24-26,28-29,31,33,35,37-38,41,43,46,60H,4-7,9-10,12-15,18,22-23,27,30,32,34,36,39-40,42,44-45,47-59H2,1-3H3/b11-8-,19-16-,20-17-,24-21-,28-25-,29-26-,33-31-,37-35-,41-38-,46-43-/t60-/m1/s1. The first kappa shape index (κ1) is 64.8. The molecule has 69 heavy (non-hydrogen) atoms.